The highest BCUT2D eigenvalue weighted by atomic mass is 16.4. The molecule has 3 heteroatoms. The van der Waals surface area contributed by atoms with Gasteiger partial charge < -0.3 is 5.11 Å². The van der Waals surface area contributed by atoms with Crippen molar-refractivity contribution >= 4 is 11.8 Å². The Bertz CT molecular complexity index is 551. The van der Waals surface area contributed by atoms with Gasteiger partial charge in [-0.2, -0.15) is 0 Å². The molecular weight excluding hydrogens is 252 g/mol. The molecule has 1 rings (SSSR count). The van der Waals surface area contributed by atoms with Gasteiger partial charge in [-0.3, -0.25) is 9.59 Å². The fourth-order valence-electron chi connectivity index (χ4n) is 2.48. The van der Waals surface area contributed by atoms with E-state index in [4.69, 9.17) is 0 Å². The quantitative estimate of drug-likeness (QED) is 0.848. The topological polar surface area (TPSA) is 54.4 Å². The number of carboxylic acids is 1. The molecular formula is C17H24O3. The van der Waals surface area contributed by atoms with E-state index in [-0.39, 0.29) is 12.2 Å². The summed E-state index contributed by atoms with van der Waals surface area (Å²) in [6, 6.07) is 0. The minimum Gasteiger partial charge on any atom is -0.481 e. The first-order valence-corrected chi connectivity index (χ1v) is 6.84. The molecule has 0 radical (unpaired) electrons. The van der Waals surface area contributed by atoms with Crippen molar-refractivity contribution in [3.8, 4) is 0 Å². The number of hydrogen-bond acceptors (Lipinski definition) is 2. The van der Waals surface area contributed by atoms with Crippen molar-refractivity contribution in [1.82, 2.24) is 0 Å². The average molecular weight is 276 g/mol. The van der Waals surface area contributed by atoms with Gasteiger partial charge in [0.2, 0.25) is 0 Å². The van der Waals surface area contributed by atoms with Gasteiger partial charge in [-0.15, -0.1) is 0 Å². The third-order valence-corrected chi connectivity index (χ3v) is 4.46. The highest BCUT2D eigenvalue weighted by Crippen LogP contribution is 2.30. The number of aliphatic carboxylic acids is 1. The van der Waals surface area contributed by atoms with Gasteiger partial charge in [0, 0.05) is 12.0 Å². The molecule has 0 heterocycles. The van der Waals surface area contributed by atoms with Crippen LogP contribution in [0.2, 0.25) is 0 Å². The molecule has 0 saturated carbocycles. The smallest absolute Gasteiger partial charge is 0.309 e. The largest absolute Gasteiger partial charge is 0.481 e. The minimum absolute atomic E-state index is 0.0198. The van der Waals surface area contributed by atoms with Crippen LogP contribution < -0.4 is 0 Å². The number of carbonyl (C=O) groups excluding carboxylic acids is 1. The van der Waals surface area contributed by atoms with Crippen molar-refractivity contribution in [3.63, 3.8) is 0 Å². The van der Waals surface area contributed by atoms with Gasteiger partial charge in [-0.05, 0) is 76.3 Å². The Morgan fingerprint density at radius 2 is 1.20 bits per heavy atom. The zero-order chi connectivity index (χ0) is 15.8. The summed E-state index contributed by atoms with van der Waals surface area (Å²) in [5, 5.41) is 9.18. The first-order valence-electron chi connectivity index (χ1n) is 6.84. The lowest BCUT2D eigenvalue weighted by atomic mass is 9.81. The Hall–Kier alpha value is -1.64. The van der Waals surface area contributed by atoms with Crippen LogP contribution in [0.5, 0.6) is 0 Å². The van der Waals surface area contributed by atoms with Gasteiger partial charge in [0.05, 0.1) is 5.41 Å². The zero-order valence-corrected chi connectivity index (χ0v) is 13.5. The maximum absolute atomic E-state index is 12.6. The molecule has 1 N–H and O–H groups in total. The van der Waals surface area contributed by atoms with Crippen molar-refractivity contribution < 1.29 is 14.7 Å². The summed E-state index contributed by atoms with van der Waals surface area (Å²) in [5.74, 6) is -1.03. The molecule has 0 unspecified atom stereocenters. The molecule has 0 aliphatic heterocycles. The number of Topliss-reactive ketones (excluding diaryl/α,β-unsaturated/α-hetero) is 1. The Labute approximate surface area is 121 Å². The van der Waals surface area contributed by atoms with Gasteiger partial charge >= 0.3 is 5.97 Å². The summed E-state index contributed by atoms with van der Waals surface area (Å²) < 4.78 is 0. The molecule has 0 spiro atoms. The number of rotatable bonds is 4. The van der Waals surface area contributed by atoms with Crippen molar-refractivity contribution in [2.24, 2.45) is 5.41 Å². The van der Waals surface area contributed by atoms with Crippen molar-refractivity contribution in [2.45, 2.75) is 54.9 Å². The van der Waals surface area contributed by atoms with Crippen LogP contribution in [0.3, 0.4) is 0 Å². The van der Waals surface area contributed by atoms with E-state index in [1.54, 1.807) is 13.8 Å². The van der Waals surface area contributed by atoms with Crippen LogP contribution in [-0.2, 0) is 4.79 Å². The van der Waals surface area contributed by atoms with Crippen LogP contribution in [0, 0.1) is 40.0 Å². The Morgan fingerprint density at radius 1 is 0.850 bits per heavy atom. The first kappa shape index (κ1) is 16.4. The molecule has 0 aliphatic carbocycles. The lowest BCUT2D eigenvalue weighted by Crippen LogP contribution is -2.27. The monoisotopic (exact) mass is 276 g/mol. The molecule has 1 aromatic carbocycles. The molecule has 0 fully saturated rings. The number of carbonyl (C=O) groups is 2. The van der Waals surface area contributed by atoms with E-state index in [1.165, 1.54) is 5.56 Å². The third kappa shape index (κ3) is 2.77. The summed E-state index contributed by atoms with van der Waals surface area (Å²) in [5.41, 5.74) is 5.03. The molecule has 0 aromatic heterocycles. The maximum atomic E-state index is 12.6. The Morgan fingerprint density at radius 3 is 1.55 bits per heavy atom. The molecule has 0 saturated heterocycles. The molecule has 1 aromatic rings. The third-order valence-electron chi connectivity index (χ3n) is 4.46. The van der Waals surface area contributed by atoms with E-state index in [0.717, 1.165) is 22.3 Å². The summed E-state index contributed by atoms with van der Waals surface area (Å²) in [7, 11) is 0. The van der Waals surface area contributed by atoms with E-state index < -0.39 is 11.4 Å². The van der Waals surface area contributed by atoms with Gasteiger partial charge in [0.15, 0.2) is 5.78 Å². The molecule has 0 amide bonds. The van der Waals surface area contributed by atoms with E-state index in [2.05, 4.69) is 6.92 Å². The standard InChI is InChI=1S/C17H24O3/c1-9-10(2)12(4)15(13(5)11(9)3)14(18)8-17(6,7)16(19)20/h8H2,1-7H3,(H,19,20). The molecule has 110 valence electrons. The molecule has 0 atom stereocenters. The average Bonchev–Trinajstić information content (AvgIpc) is 2.33. The second-order valence-electron chi connectivity index (χ2n) is 6.29. The van der Waals surface area contributed by atoms with Crippen LogP contribution in [0.25, 0.3) is 0 Å². The fraction of sp³-hybridized carbons (Fsp3) is 0.529. The van der Waals surface area contributed by atoms with Crippen LogP contribution in [0.1, 0.15) is 58.4 Å². The predicted molar refractivity (Wildman–Crippen MR) is 80.5 cm³/mol. The normalized spacial score (nSPS) is 11.6. The highest BCUT2D eigenvalue weighted by molar-refractivity contribution is 6.01. The Balaban J connectivity index is 3.35. The molecule has 0 bridgehead atoms. The lowest BCUT2D eigenvalue weighted by Gasteiger charge is -2.22. The number of ketones is 1. The van der Waals surface area contributed by atoms with Gasteiger partial charge in [0.1, 0.15) is 0 Å². The van der Waals surface area contributed by atoms with Gasteiger partial charge in [0.25, 0.3) is 0 Å². The van der Waals surface area contributed by atoms with Crippen molar-refractivity contribution in [3.05, 3.63) is 33.4 Å². The van der Waals surface area contributed by atoms with Crippen molar-refractivity contribution in [2.75, 3.05) is 0 Å². The van der Waals surface area contributed by atoms with E-state index in [9.17, 15) is 14.7 Å². The van der Waals surface area contributed by atoms with Crippen LogP contribution in [-0.4, -0.2) is 16.9 Å². The number of carboxylic acid groups (broad SMARTS) is 1. The second-order valence-corrected chi connectivity index (χ2v) is 6.29. The zero-order valence-electron chi connectivity index (χ0n) is 13.5. The predicted octanol–water partition coefficient (Wildman–Crippen LogP) is 3.91. The lowest BCUT2D eigenvalue weighted by molar-refractivity contribution is -0.146. The van der Waals surface area contributed by atoms with E-state index >= 15 is 0 Å². The maximum Gasteiger partial charge on any atom is 0.309 e. The number of hydrogen-bond donors (Lipinski definition) is 1. The van der Waals surface area contributed by atoms with Crippen molar-refractivity contribution in [1.29, 1.82) is 0 Å². The summed E-state index contributed by atoms with van der Waals surface area (Å²) in [6.07, 6.45) is 0.0198. The van der Waals surface area contributed by atoms with E-state index in [1.807, 2.05) is 27.7 Å². The molecule has 20 heavy (non-hydrogen) atoms. The van der Waals surface area contributed by atoms with E-state index in [0.29, 0.717) is 5.56 Å². The highest BCUT2D eigenvalue weighted by Gasteiger charge is 2.32. The van der Waals surface area contributed by atoms with Crippen LogP contribution >= 0.6 is 0 Å². The summed E-state index contributed by atoms with van der Waals surface area (Å²) in [6.45, 7) is 13.1. The van der Waals surface area contributed by atoms with Gasteiger partial charge in [-0.25, -0.2) is 0 Å². The SMILES string of the molecule is Cc1c(C)c(C)c(C(=O)CC(C)(C)C(=O)O)c(C)c1C. The molecule has 3 nitrogen and oxygen atoms in total. The Kier molecular flexibility index (Phi) is 4.42. The van der Waals surface area contributed by atoms with Crippen LogP contribution in [0.4, 0.5) is 0 Å². The van der Waals surface area contributed by atoms with Crippen LogP contribution in [0.15, 0.2) is 0 Å². The minimum atomic E-state index is -1.04. The van der Waals surface area contributed by atoms with Gasteiger partial charge in [-0.1, -0.05) is 0 Å². The number of benzene rings is 1. The summed E-state index contributed by atoms with van der Waals surface area (Å²) in [4.78, 5) is 23.8. The first-order chi connectivity index (χ1) is 9.00. The fourth-order valence-corrected chi connectivity index (χ4v) is 2.48. The summed E-state index contributed by atoms with van der Waals surface area (Å²) >= 11 is 0. The molecule has 0 aliphatic rings. The second kappa shape index (κ2) is 5.39.